The van der Waals surface area contributed by atoms with Gasteiger partial charge in [-0.15, -0.1) is 0 Å². The third-order valence-corrected chi connectivity index (χ3v) is 1.86. The van der Waals surface area contributed by atoms with Crippen LogP contribution in [0.4, 0.5) is 0 Å². The minimum Gasteiger partial charge on any atom is -0.298 e. The minimum absolute atomic E-state index is 0.532. The van der Waals surface area contributed by atoms with Gasteiger partial charge in [0.2, 0.25) is 0 Å². The van der Waals surface area contributed by atoms with E-state index in [0.717, 1.165) is 17.4 Å². The summed E-state index contributed by atoms with van der Waals surface area (Å²) in [6.07, 6.45) is 0.825. The molecule has 0 aliphatic carbocycles. The molecule has 0 aliphatic rings. The van der Waals surface area contributed by atoms with Gasteiger partial charge in [-0.1, -0.05) is 24.0 Å². The lowest BCUT2D eigenvalue weighted by molar-refractivity contribution is 0.112. The molecule has 0 atom stereocenters. The zero-order valence-electron chi connectivity index (χ0n) is 7.37. The Kier molecular flexibility index (Phi) is 3.60. The Morgan fingerprint density at radius 1 is 1.54 bits per heavy atom. The highest BCUT2D eigenvalue weighted by molar-refractivity contribution is 7.80. The highest BCUT2D eigenvalue weighted by Gasteiger charge is 1.95. The van der Waals surface area contributed by atoms with Crippen LogP contribution in [-0.4, -0.2) is 12.0 Å². The predicted octanol–water partition coefficient (Wildman–Crippen LogP) is 2.09. The summed E-state index contributed by atoms with van der Waals surface area (Å²) in [6, 6.07) is 5.47. The molecule has 1 aromatic rings. The van der Waals surface area contributed by atoms with Crippen molar-refractivity contribution >= 4 is 18.9 Å². The van der Waals surface area contributed by atoms with E-state index in [2.05, 4.69) is 24.5 Å². The van der Waals surface area contributed by atoms with E-state index in [-0.39, 0.29) is 0 Å². The van der Waals surface area contributed by atoms with Crippen LogP contribution in [0.25, 0.3) is 0 Å². The Bertz CT molecular complexity index is 371. The van der Waals surface area contributed by atoms with Gasteiger partial charge in [-0.05, 0) is 18.6 Å². The number of hydrogen-bond donors (Lipinski definition) is 1. The molecule has 1 rings (SSSR count). The maximum Gasteiger partial charge on any atom is 0.150 e. The maximum absolute atomic E-state index is 10.5. The summed E-state index contributed by atoms with van der Waals surface area (Å²) in [5, 5.41) is 0. The van der Waals surface area contributed by atoms with E-state index in [0.29, 0.717) is 11.3 Å². The fourth-order valence-electron chi connectivity index (χ4n) is 0.982. The van der Waals surface area contributed by atoms with Gasteiger partial charge < -0.3 is 0 Å². The summed E-state index contributed by atoms with van der Waals surface area (Å²) < 4.78 is 0. The quantitative estimate of drug-likeness (QED) is 0.407. The van der Waals surface area contributed by atoms with Gasteiger partial charge in [0.05, 0.1) is 5.75 Å². The second-order valence-electron chi connectivity index (χ2n) is 2.65. The van der Waals surface area contributed by atoms with Crippen molar-refractivity contribution in [3.05, 3.63) is 34.9 Å². The highest BCUT2D eigenvalue weighted by Crippen LogP contribution is 2.08. The number of carbonyl (C=O) groups is 1. The Balaban J connectivity index is 3.11. The zero-order chi connectivity index (χ0) is 9.68. The van der Waals surface area contributed by atoms with E-state index in [4.69, 9.17) is 0 Å². The molecule has 2 heteroatoms. The lowest BCUT2D eigenvalue weighted by Crippen LogP contribution is -1.86. The number of thiol groups is 1. The third-order valence-electron chi connectivity index (χ3n) is 1.70. The van der Waals surface area contributed by atoms with Crippen molar-refractivity contribution in [1.82, 2.24) is 0 Å². The van der Waals surface area contributed by atoms with Crippen LogP contribution in [0.15, 0.2) is 18.2 Å². The molecule has 0 saturated carbocycles. The monoisotopic (exact) mass is 190 g/mol. The lowest BCUT2D eigenvalue weighted by Gasteiger charge is -1.97. The Morgan fingerprint density at radius 2 is 2.31 bits per heavy atom. The molecular weight excluding hydrogens is 180 g/mol. The van der Waals surface area contributed by atoms with Crippen molar-refractivity contribution in [3.8, 4) is 11.8 Å². The van der Waals surface area contributed by atoms with E-state index < -0.39 is 0 Å². The molecule has 13 heavy (non-hydrogen) atoms. The fourth-order valence-corrected chi connectivity index (χ4v) is 1.06. The topological polar surface area (TPSA) is 17.1 Å². The average molecular weight is 190 g/mol. The van der Waals surface area contributed by atoms with Crippen LogP contribution < -0.4 is 0 Å². The standard InChI is InChI=1S/C11H10OS/c1-9-4-5-10(8-12)7-11(9)3-2-6-13/h4-5,7-8,13H,6H2,1H3. The normalized spacial score (nSPS) is 8.77. The van der Waals surface area contributed by atoms with Gasteiger partial charge in [0.1, 0.15) is 6.29 Å². The van der Waals surface area contributed by atoms with Crippen LogP contribution in [0.1, 0.15) is 21.5 Å². The van der Waals surface area contributed by atoms with Crippen LogP contribution in [0, 0.1) is 18.8 Å². The van der Waals surface area contributed by atoms with Crippen LogP contribution in [-0.2, 0) is 0 Å². The van der Waals surface area contributed by atoms with Gasteiger partial charge >= 0.3 is 0 Å². The van der Waals surface area contributed by atoms with E-state index in [9.17, 15) is 4.79 Å². The SMILES string of the molecule is Cc1ccc(C=O)cc1C#CCS. The smallest absolute Gasteiger partial charge is 0.150 e. The van der Waals surface area contributed by atoms with Crippen LogP contribution in [0.2, 0.25) is 0 Å². The summed E-state index contributed by atoms with van der Waals surface area (Å²) in [5.41, 5.74) is 2.65. The number of aryl methyl sites for hydroxylation is 1. The first-order chi connectivity index (χ1) is 6.27. The number of hydrogen-bond acceptors (Lipinski definition) is 2. The molecule has 0 radical (unpaired) electrons. The molecule has 1 nitrogen and oxygen atoms in total. The molecule has 1 aromatic carbocycles. The second-order valence-corrected chi connectivity index (χ2v) is 2.97. The molecule has 0 aliphatic heterocycles. The van der Waals surface area contributed by atoms with E-state index in [1.807, 2.05) is 13.0 Å². The van der Waals surface area contributed by atoms with Crippen molar-refractivity contribution < 1.29 is 4.79 Å². The molecule has 0 bridgehead atoms. The molecule has 0 N–H and O–H groups in total. The van der Waals surface area contributed by atoms with Gasteiger partial charge in [0.15, 0.2) is 0 Å². The van der Waals surface area contributed by atoms with E-state index >= 15 is 0 Å². The molecule has 0 unspecified atom stereocenters. The molecule has 0 aromatic heterocycles. The van der Waals surface area contributed by atoms with E-state index in [1.165, 1.54) is 0 Å². The molecule has 0 amide bonds. The number of aldehydes is 1. The zero-order valence-corrected chi connectivity index (χ0v) is 8.27. The fraction of sp³-hybridized carbons (Fsp3) is 0.182. The number of benzene rings is 1. The van der Waals surface area contributed by atoms with E-state index in [1.54, 1.807) is 12.1 Å². The molecule has 0 saturated heterocycles. The van der Waals surface area contributed by atoms with Gasteiger partial charge in [-0.25, -0.2) is 0 Å². The van der Waals surface area contributed by atoms with Crippen molar-refractivity contribution in [2.24, 2.45) is 0 Å². The van der Waals surface area contributed by atoms with Gasteiger partial charge in [0, 0.05) is 11.1 Å². The molecule has 0 heterocycles. The molecule has 0 fully saturated rings. The van der Waals surface area contributed by atoms with Gasteiger partial charge in [0.25, 0.3) is 0 Å². The largest absolute Gasteiger partial charge is 0.298 e. The molecule has 66 valence electrons. The molecule has 0 spiro atoms. The first-order valence-corrected chi connectivity index (χ1v) is 4.56. The highest BCUT2D eigenvalue weighted by atomic mass is 32.1. The van der Waals surface area contributed by atoms with Gasteiger partial charge in [-0.2, -0.15) is 12.6 Å². The first kappa shape index (κ1) is 9.88. The maximum atomic E-state index is 10.5. The van der Waals surface area contributed by atoms with Crippen molar-refractivity contribution in [2.45, 2.75) is 6.92 Å². The van der Waals surface area contributed by atoms with Crippen molar-refractivity contribution in [2.75, 3.05) is 5.75 Å². The van der Waals surface area contributed by atoms with Crippen LogP contribution in [0.5, 0.6) is 0 Å². The Morgan fingerprint density at radius 3 is 2.92 bits per heavy atom. The summed E-state index contributed by atoms with van der Waals surface area (Å²) in [5.74, 6) is 6.34. The lowest BCUT2D eigenvalue weighted by atomic mass is 10.1. The number of carbonyl (C=O) groups excluding carboxylic acids is 1. The first-order valence-electron chi connectivity index (χ1n) is 3.93. The summed E-state index contributed by atoms with van der Waals surface area (Å²) in [7, 11) is 0. The van der Waals surface area contributed by atoms with Crippen LogP contribution >= 0.6 is 12.6 Å². The minimum atomic E-state index is 0.532. The van der Waals surface area contributed by atoms with Gasteiger partial charge in [-0.3, -0.25) is 4.79 Å². The summed E-state index contributed by atoms with van der Waals surface area (Å²) in [4.78, 5) is 10.5. The average Bonchev–Trinajstić information content (AvgIpc) is 2.17. The van der Waals surface area contributed by atoms with Crippen molar-refractivity contribution in [1.29, 1.82) is 0 Å². The summed E-state index contributed by atoms with van der Waals surface area (Å²) >= 11 is 3.99. The van der Waals surface area contributed by atoms with Crippen LogP contribution in [0.3, 0.4) is 0 Å². The number of rotatable bonds is 1. The Hall–Kier alpha value is -1.20. The van der Waals surface area contributed by atoms with Crippen molar-refractivity contribution in [3.63, 3.8) is 0 Å². The second kappa shape index (κ2) is 4.74. The third kappa shape index (κ3) is 2.64. The molecular formula is C11H10OS. The summed E-state index contributed by atoms with van der Waals surface area (Å²) in [6.45, 7) is 1.97. The Labute approximate surface area is 83.6 Å². The predicted molar refractivity (Wildman–Crippen MR) is 57.3 cm³/mol.